The molecule has 5 nitrogen and oxygen atoms in total. The summed E-state index contributed by atoms with van der Waals surface area (Å²) in [7, 11) is 4.21. The van der Waals surface area contributed by atoms with E-state index in [0.717, 1.165) is 66.0 Å². The standard InChI is InChI=1S/C23H31N5/c1-5-6-7-11-18-17(2)19(16-24)23-26-20-12-8-9-13-21(20)28(23)22(18)25-14-10-15-27(3)4/h8-9,12-13H,5-7,10-11,14-15H2,1-4H3,(H,25,26)/p+1. The molecular formula is C23H32N5+. The summed E-state index contributed by atoms with van der Waals surface area (Å²) in [6.07, 6.45) is 5.61. The fourth-order valence-corrected chi connectivity index (χ4v) is 3.91. The number of nitriles is 1. The number of H-pyrrole nitrogens is 1. The van der Waals surface area contributed by atoms with Gasteiger partial charge in [0.15, 0.2) is 0 Å². The van der Waals surface area contributed by atoms with E-state index in [-0.39, 0.29) is 0 Å². The van der Waals surface area contributed by atoms with E-state index in [1.165, 1.54) is 18.4 Å². The molecule has 0 amide bonds. The molecule has 5 heteroatoms. The molecule has 2 aromatic heterocycles. The zero-order valence-corrected chi connectivity index (χ0v) is 17.6. The van der Waals surface area contributed by atoms with Gasteiger partial charge in [-0.15, -0.1) is 0 Å². The van der Waals surface area contributed by atoms with Gasteiger partial charge in [-0.05, 0) is 58.0 Å². The topological polar surface area (TPSA) is 59.0 Å². The Balaban J connectivity index is 2.15. The first-order valence-electron chi connectivity index (χ1n) is 10.3. The number of imidazole rings is 1. The van der Waals surface area contributed by atoms with Crippen molar-refractivity contribution in [2.45, 2.75) is 46.0 Å². The highest BCUT2D eigenvalue weighted by atomic mass is 15.1. The SMILES string of the molecule is CCCCCc1c(C)c(C#N)c2[nH]c3ccccc3[n+]2c1NCCCN(C)C. The first kappa shape index (κ1) is 20.2. The summed E-state index contributed by atoms with van der Waals surface area (Å²) in [6, 6.07) is 10.7. The molecule has 0 radical (unpaired) electrons. The molecule has 148 valence electrons. The number of nitrogens with zero attached hydrogens (tertiary/aromatic N) is 3. The summed E-state index contributed by atoms with van der Waals surface area (Å²) < 4.78 is 2.22. The molecule has 1 aromatic carbocycles. The first-order valence-corrected chi connectivity index (χ1v) is 10.3. The molecule has 0 aliphatic carbocycles. The van der Waals surface area contributed by atoms with Crippen LogP contribution in [0.2, 0.25) is 0 Å². The molecule has 2 N–H and O–H groups in total. The van der Waals surface area contributed by atoms with Gasteiger partial charge in [-0.3, -0.25) is 4.98 Å². The van der Waals surface area contributed by atoms with E-state index in [1.807, 2.05) is 6.07 Å². The van der Waals surface area contributed by atoms with Gasteiger partial charge in [0.2, 0.25) is 11.5 Å². The van der Waals surface area contributed by atoms with E-state index < -0.39 is 0 Å². The quantitative estimate of drug-likeness (QED) is 0.434. The number of rotatable bonds is 9. The van der Waals surface area contributed by atoms with Crippen molar-refractivity contribution in [3.8, 4) is 6.07 Å². The van der Waals surface area contributed by atoms with Crippen LogP contribution >= 0.6 is 0 Å². The summed E-state index contributed by atoms with van der Waals surface area (Å²) >= 11 is 0. The van der Waals surface area contributed by atoms with Crippen LogP contribution in [-0.2, 0) is 6.42 Å². The summed E-state index contributed by atoms with van der Waals surface area (Å²) in [5.41, 5.74) is 6.18. The Hall–Kier alpha value is -2.58. The van der Waals surface area contributed by atoms with E-state index in [2.05, 4.69) is 71.8 Å². The van der Waals surface area contributed by atoms with Crippen LogP contribution in [0.4, 0.5) is 5.82 Å². The second kappa shape index (κ2) is 9.07. The largest absolute Gasteiger partial charge is 0.309 e. The van der Waals surface area contributed by atoms with Crippen molar-refractivity contribution in [1.82, 2.24) is 9.88 Å². The fourth-order valence-electron chi connectivity index (χ4n) is 3.91. The van der Waals surface area contributed by atoms with Gasteiger partial charge in [-0.25, -0.2) is 0 Å². The highest BCUT2D eigenvalue weighted by Gasteiger charge is 2.25. The third kappa shape index (κ3) is 3.98. The Morgan fingerprint density at radius 1 is 1.18 bits per heavy atom. The molecular weight excluding hydrogens is 346 g/mol. The number of hydrogen-bond acceptors (Lipinski definition) is 3. The van der Waals surface area contributed by atoms with Crippen LogP contribution in [0.1, 0.15) is 49.3 Å². The molecule has 2 heterocycles. The van der Waals surface area contributed by atoms with Gasteiger partial charge in [-0.2, -0.15) is 9.66 Å². The van der Waals surface area contributed by atoms with E-state index in [4.69, 9.17) is 0 Å². The number of nitrogens with one attached hydrogen (secondary N) is 2. The third-order valence-corrected chi connectivity index (χ3v) is 5.41. The van der Waals surface area contributed by atoms with Crippen molar-refractivity contribution >= 4 is 22.5 Å². The number of para-hydroxylation sites is 2. The van der Waals surface area contributed by atoms with Crippen LogP contribution in [0.15, 0.2) is 24.3 Å². The first-order chi connectivity index (χ1) is 13.6. The molecule has 3 aromatic rings. The van der Waals surface area contributed by atoms with Gasteiger partial charge in [0.25, 0.3) is 0 Å². The van der Waals surface area contributed by atoms with E-state index >= 15 is 0 Å². The summed E-state index contributed by atoms with van der Waals surface area (Å²) in [4.78, 5) is 5.68. The van der Waals surface area contributed by atoms with Gasteiger partial charge in [-0.1, -0.05) is 31.9 Å². The zero-order valence-electron chi connectivity index (χ0n) is 17.6. The Bertz CT molecular complexity index is 994. The maximum Gasteiger partial charge on any atom is 0.250 e. The molecule has 0 spiro atoms. The Kier molecular flexibility index (Phi) is 6.53. The minimum absolute atomic E-state index is 0.751. The number of fused-ring (bicyclic) bond motifs is 3. The van der Waals surface area contributed by atoms with Crippen LogP contribution in [0.5, 0.6) is 0 Å². The van der Waals surface area contributed by atoms with Crippen LogP contribution in [0, 0.1) is 18.3 Å². The monoisotopic (exact) mass is 378 g/mol. The van der Waals surface area contributed by atoms with Crippen molar-refractivity contribution in [3.63, 3.8) is 0 Å². The number of aromatic amines is 1. The Labute approximate surface area is 168 Å². The maximum atomic E-state index is 9.89. The van der Waals surface area contributed by atoms with Crippen LogP contribution in [0.25, 0.3) is 16.7 Å². The van der Waals surface area contributed by atoms with Gasteiger partial charge in [0.05, 0.1) is 6.54 Å². The molecule has 0 aliphatic rings. The van der Waals surface area contributed by atoms with Crippen molar-refractivity contribution in [2.75, 3.05) is 32.5 Å². The number of anilines is 1. The molecule has 28 heavy (non-hydrogen) atoms. The lowest BCUT2D eigenvalue weighted by atomic mass is 9.99. The number of unbranched alkanes of at least 4 members (excludes halogenated alkanes) is 2. The zero-order chi connectivity index (χ0) is 20.1. The fraction of sp³-hybridized carbons (Fsp3) is 0.478. The molecule has 0 unspecified atom stereocenters. The second-order valence-electron chi connectivity index (χ2n) is 7.81. The predicted octanol–water partition coefficient (Wildman–Crippen LogP) is 4.18. The molecule has 0 saturated heterocycles. The van der Waals surface area contributed by atoms with Crippen molar-refractivity contribution in [1.29, 1.82) is 5.26 Å². The van der Waals surface area contributed by atoms with Gasteiger partial charge < -0.3 is 10.2 Å². The molecule has 0 bridgehead atoms. The summed E-state index contributed by atoms with van der Waals surface area (Å²) in [5, 5.41) is 13.6. The average Bonchev–Trinajstić information content (AvgIpc) is 3.06. The lowest BCUT2D eigenvalue weighted by molar-refractivity contribution is -0.465. The minimum Gasteiger partial charge on any atom is -0.309 e. The number of pyridine rings is 1. The van der Waals surface area contributed by atoms with E-state index in [0.29, 0.717) is 0 Å². The third-order valence-electron chi connectivity index (χ3n) is 5.41. The maximum absolute atomic E-state index is 9.89. The van der Waals surface area contributed by atoms with Crippen LogP contribution < -0.4 is 9.72 Å². The van der Waals surface area contributed by atoms with Crippen molar-refractivity contribution < 1.29 is 4.40 Å². The Morgan fingerprint density at radius 3 is 2.68 bits per heavy atom. The highest BCUT2D eigenvalue weighted by Crippen LogP contribution is 2.27. The smallest absolute Gasteiger partial charge is 0.250 e. The number of aromatic nitrogens is 2. The van der Waals surface area contributed by atoms with E-state index in [1.54, 1.807) is 0 Å². The summed E-state index contributed by atoms with van der Waals surface area (Å²) in [6.45, 7) is 6.28. The molecule has 0 atom stereocenters. The second-order valence-corrected chi connectivity index (χ2v) is 7.81. The normalized spacial score (nSPS) is 11.4. The lowest BCUT2D eigenvalue weighted by Gasteiger charge is -2.15. The van der Waals surface area contributed by atoms with Crippen molar-refractivity contribution in [2.24, 2.45) is 0 Å². The minimum atomic E-state index is 0.751. The molecule has 3 rings (SSSR count). The molecule has 0 saturated carbocycles. The predicted molar refractivity (Wildman–Crippen MR) is 116 cm³/mol. The van der Waals surface area contributed by atoms with Gasteiger partial charge >= 0.3 is 0 Å². The van der Waals surface area contributed by atoms with E-state index in [9.17, 15) is 5.26 Å². The molecule has 0 fully saturated rings. The van der Waals surface area contributed by atoms with Crippen LogP contribution in [0.3, 0.4) is 0 Å². The lowest BCUT2D eigenvalue weighted by Crippen LogP contribution is -2.30. The highest BCUT2D eigenvalue weighted by molar-refractivity contribution is 5.78. The van der Waals surface area contributed by atoms with Crippen molar-refractivity contribution in [3.05, 3.63) is 41.0 Å². The van der Waals surface area contributed by atoms with Gasteiger partial charge in [0, 0.05) is 12.1 Å². The summed E-state index contributed by atoms with van der Waals surface area (Å²) in [5.74, 6) is 1.14. The number of hydrogen-bond donors (Lipinski definition) is 2. The average molecular weight is 379 g/mol. The Morgan fingerprint density at radius 2 is 1.96 bits per heavy atom. The molecule has 0 aliphatic heterocycles. The van der Waals surface area contributed by atoms with Crippen LogP contribution in [-0.4, -0.2) is 37.1 Å². The van der Waals surface area contributed by atoms with Gasteiger partial charge in [0.1, 0.15) is 22.7 Å². The number of benzene rings is 1.